The van der Waals surface area contributed by atoms with Crippen molar-refractivity contribution in [1.29, 1.82) is 0 Å². The van der Waals surface area contributed by atoms with E-state index in [1.165, 1.54) is 21.3 Å². The molecular formula is C15H20BrNO6. The number of carbonyl (C=O) groups is 2. The second kappa shape index (κ2) is 10.1. The quantitative estimate of drug-likeness (QED) is 0.506. The third-order valence-electron chi connectivity index (χ3n) is 2.88. The van der Waals surface area contributed by atoms with E-state index >= 15 is 0 Å². The van der Waals surface area contributed by atoms with Gasteiger partial charge in [-0.3, -0.25) is 9.59 Å². The summed E-state index contributed by atoms with van der Waals surface area (Å²) < 4.78 is 20.8. The normalized spacial score (nSPS) is 10.1. The first-order chi connectivity index (χ1) is 11.0. The number of carbonyl (C=O) groups excluding carboxylic acids is 2. The number of amides is 1. The lowest BCUT2D eigenvalue weighted by molar-refractivity contribution is -0.147. The topological polar surface area (TPSA) is 83.1 Å². The summed E-state index contributed by atoms with van der Waals surface area (Å²) in [6.07, 6.45) is 0.00624. The van der Waals surface area contributed by atoms with E-state index in [1.807, 2.05) is 0 Å². The molecule has 128 valence electrons. The lowest BCUT2D eigenvalue weighted by Crippen LogP contribution is -2.31. The zero-order valence-electron chi connectivity index (χ0n) is 13.3. The highest BCUT2D eigenvalue weighted by Crippen LogP contribution is 2.33. The fourth-order valence-corrected chi connectivity index (χ4v) is 2.19. The smallest absolute Gasteiger partial charge is 0.310 e. The van der Waals surface area contributed by atoms with Gasteiger partial charge in [-0.05, 0) is 17.7 Å². The number of hydrogen-bond donors (Lipinski definition) is 1. The van der Waals surface area contributed by atoms with Gasteiger partial charge in [-0.15, -0.1) is 0 Å². The zero-order chi connectivity index (χ0) is 17.2. The summed E-state index contributed by atoms with van der Waals surface area (Å²) in [5, 5.41) is 2.56. The van der Waals surface area contributed by atoms with Crippen molar-refractivity contribution in [2.24, 2.45) is 0 Å². The van der Waals surface area contributed by atoms with Gasteiger partial charge in [0.25, 0.3) is 5.91 Å². The molecule has 0 aliphatic carbocycles. The van der Waals surface area contributed by atoms with Crippen molar-refractivity contribution in [3.05, 3.63) is 22.2 Å². The number of halogens is 1. The van der Waals surface area contributed by atoms with Crippen molar-refractivity contribution in [2.75, 3.05) is 41.1 Å². The largest absolute Gasteiger partial charge is 0.493 e. The van der Waals surface area contributed by atoms with Gasteiger partial charge in [0.05, 0.1) is 27.2 Å². The molecule has 0 heterocycles. The second-order valence-electron chi connectivity index (χ2n) is 4.48. The number of rotatable bonds is 9. The Hall–Kier alpha value is -1.80. The van der Waals surface area contributed by atoms with E-state index < -0.39 is 5.97 Å². The predicted octanol–water partition coefficient (Wildman–Crippen LogP) is 1.31. The van der Waals surface area contributed by atoms with Crippen LogP contribution in [0.1, 0.15) is 5.56 Å². The van der Waals surface area contributed by atoms with Crippen LogP contribution in [0, 0.1) is 0 Å². The Kier molecular flexibility index (Phi) is 8.42. The Bertz CT molecular complexity index is 549. The first-order valence-electron chi connectivity index (χ1n) is 6.83. The van der Waals surface area contributed by atoms with E-state index in [0.29, 0.717) is 34.7 Å². The van der Waals surface area contributed by atoms with Crippen LogP contribution >= 0.6 is 15.9 Å². The Morgan fingerprint density at radius 1 is 1.13 bits per heavy atom. The van der Waals surface area contributed by atoms with E-state index in [9.17, 15) is 9.59 Å². The number of ether oxygens (including phenoxy) is 4. The number of hydrogen-bond acceptors (Lipinski definition) is 6. The van der Waals surface area contributed by atoms with Gasteiger partial charge < -0.3 is 24.3 Å². The minimum absolute atomic E-state index is 0.00624. The van der Waals surface area contributed by atoms with Gasteiger partial charge >= 0.3 is 5.97 Å². The summed E-state index contributed by atoms with van der Waals surface area (Å²) in [5.41, 5.74) is 0.674. The molecule has 0 saturated heterocycles. The molecule has 1 N–H and O–H groups in total. The van der Waals surface area contributed by atoms with Crippen molar-refractivity contribution in [1.82, 2.24) is 5.32 Å². The van der Waals surface area contributed by atoms with Crippen LogP contribution in [0.3, 0.4) is 0 Å². The molecule has 0 atom stereocenters. The Balaban J connectivity index is 2.55. The van der Waals surface area contributed by atoms with Crippen molar-refractivity contribution in [3.8, 4) is 11.5 Å². The van der Waals surface area contributed by atoms with Gasteiger partial charge in [-0.25, -0.2) is 0 Å². The Labute approximate surface area is 143 Å². The van der Waals surface area contributed by atoms with Crippen molar-refractivity contribution < 1.29 is 28.5 Å². The molecule has 7 nitrogen and oxygen atoms in total. The maximum atomic E-state index is 11.8. The molecule has 0 saturated carbocycles. The molecule has 8 heteroatoms. The molecular weight excluding hydrogens is 370 g/mol. The number of methoxy groups -OCH3 is 3. The van der Waals surface area contributed by atoms with Crippen LogP contribution in [0.5, 0.6) is 11.5 Å². The maximum absolute atomic E-state index is 11.8. The summed E-state index contributed by atoms with van der Waals surface area (Å²) in [4.78, 5) is 23.3. The molecule has 0 aromatic heterocycles. The van der Waals surface area contributed by atoms with E-state index in [2.05, 4.69) is 21.2 Å². The van der Waals surface area contributed by atoms with Crippen LogP contribution in [-0.2, 0) is 25.5 Å². The third kappa shape index (κ3) is 6.45. The van der Waals surface area contributed by atoms with Gasteiger partial charge in [0.1, 0.15) is 0 Å². The molecule has 0 aliphatic rings. The van der Waals surface area contributed by atoms with Crippen LogP contribution in [0.2, 0.25) is 0 Å². The van der Waals surface area contributed by atoms with Crippen molar-refractivity contribution in [3.63, 3.8) is 0 Å². The SMILES string of the molecule is COCCNC(=O)COC(=O)Cc1cc(OC)c(OC)cc1Br. The highest BCUT2D eigenvalue weighted by atomic mass is 79.9. The maximum Gasteiger partial charge on any atom is 0.310 e. The van der Waals surface area contributed by atoms with Crippen LogP contribution in [0.4, 0.5) is 0 Å². The molecule has 1 amide bonds. The Morgan fingerprint density at radius 3 is 2.39 bits per heavy atom. The minimum Gasteiger partial charge on any atom is -0.493 e. The highest BCUT2D eigenvalue weighted by molar-refractivity contribution is 9.10. The van der Waals surface area contributed by atoms with Crippen LogP contribution in [0.15, 0.2) is 16.6 Å². The molecule has 0 unspecified atom stereocenters. The van der Waals surface area contributed by atoms with Crippen molar-refractivity contribution >= 4 is 27.8 Å². The summed E-state index contributed by atoms with van der Waals surface area (Å²) in [6.45, 7) is 0.444. The zero-order valence-corrected chi connectivity index (χ0v) is 14.9. The molecule has 23 heavy (non-hydrogen) atoms. The number of benzene rings is 1. The van der Waals surface area contributed by atoms with E-state index in [-0.39, 0.29) is 18.9 Å². The molecule has 1 rings (SSSR count). The lowest BCUT2D eigenvalue weighted by atomic mass is 10.1. The van der Waals surface area contributed by atoms with Crippen LogP contribution in [-0.4, -0.2) is 53.0 Å². The minimum atomic E-state index is -0.514. The second-order valence-corrected chi connectivity index (χ2v) is 5.33. The van der Waals surface area contributed by atoms with Crippen LogP contribution < -0.4 is 14.8 Å². The first-order valence-corrected chi connectivity index (χ1v) is 7.62. The lowest BCUT2D eigenvalue weighted by Gasteiger charge is -2.12. The first kappa shape index (κ1) is 19.2. The summed E-state index contributed by atoms with van der Waals surface area (Å²) >= 11 is 3.37. The molecule has 0 radical (unpaired) electrons. The van der Waals surface area contributed by atoms with Gasteiger partial charge in [0.2, 0.25) is 0 Å². The average Bonchev–Trinajstić information content (AvgIpc) is 2.54. The van der Waals surface area contributed by atoms with Gasteiger partial charge in [0, 0.05) is 18.1 Å². The fraction of sp³-hybridized carbons (Fsp3) is 0.467. The predicted molar refractivity (Wildman–Crippen MR) is 86.8 cm³/mol. The molecule has 0 spiro atoms. The molecule has 0 aliphatic heterocycles. The fourth-order valence-electron chi connectivity index (χ4n) is 1.73. The van der Waals surface area contributed by atoms with Crippen LogP contribution in [0.25, 0.3) is 0 Å². The number of nitrogens with one attached hydrogen (secondary N) is 1. The highest BCUT2D eigenvalue weighted by Gasteiger charge is 2.14. The molecule has 0 fully saturated rings. The standard InChI is InChI=1S/C15H20BrNO6/c1-20-5-4-17-14(18)9-23-15(19)7-10-6-12(21-2)13(22-3)8-11(10)16/h6,8H,4-5,7,9H2,1-3H3,(H,17,18). The Morgan fingerprint density at radius 2 is 1.78 bits per heavy atom. The molecule has 1 aromatic rings. The molecule has 1 aromatic carbocycles. The summed E-state index contributed by atoms with van der Waals surface area (Å²) in [7, 11) is 4.58. The van der Waals surface area contributed by atoms with Gasteiger partial charge in [-0.1, -0.05) is 15.9 Å². The third-order valence-corrected chi connectivity index (χ3v) is 3.62. The van der Waals surface area contributed by atoms with E-state index in [0.717, 1.165) is 0 Å². The number of esters is 1. The van der Waals surface area contributed by atoms with E-state index in [1.54, 1.807) is 12.1 Å². The monoisotopic (exact) mass is 389 g/mol. The van der Waals surface area contributed by atoms with Crippen molar-refractivity contribution in [2.45, 2.75) is 6.42 Å². The average molecular weight is 390 g/mol. The van der Waals surface area contributed by atoms with E-state index in [4.69, 9.17) is 18.9 Å². The van der Waals surface area contributed by atoms with Gasteiger partial charge in [0.15, 0.2) is 18.1 Å². The summed E-state index contributed by atoms with van der Waals surface area (Å²) in [5.74, 6) is 0.173. The van der Waals surface area contributed by atoms with Gasteiger partial charge in [-0.2, -0.15) is 0 Å². The molecule has 0 bridgehead atoms. The summed E-state index contributed by atoms with van der Waals surface area (Å²) in [6, 6.07) is 3.39.